The summed E-state index contributed by atoms with van der Waals surface area (Å²) >= 11 is 1.50. The Kier molecular flexibility index (Phi) is 22.1. The summed E-state index contributed by atoms with van der Waals surface area (Å²) in [5.41, 5.74) is 2.88. The number of Topliss-reactive ketones (excluding diaryl/α,β-unsaturated/α-hetero) is 1. The number of aromatic nitrogens is 1. The second-order valence-corrected chi connectivity index (χ2v) is 20.3. The van der Waals surface area contributed by atoms with Crippen LogP contribution in [0.15, 0.2) is 66.2 Å². The molecule has 4 rings (SSSR count). The average molecular weight is 961 g/mol. The van der Waals surface area contributed by atoms with Gasteiger partial charge in [0.05, 0.1) is 55.8 Å². The monoisotopic (exact) mass is 961 g/mol. The van der Waals surface area contributed by atoms with Crippen LogP contribution in [0.4, 0.5) is 10.5 Å². The molecule has 0 saturated carbocycles. The third-order valence-electron chi connectivity index (χ3n) is 14.1. The summed E-state index contributed by atoms with van der Waals surface area (Å²) in [6, 6.07) is 16.2. The van der Waals surface area contributed by atoms with Crippen LogP contribution in [0.2, 0.25) is 0 Å². The average Bonchev–Trinajstić information content (AvgIpc) is 4.06. The van der Waals surface area contributed by atoms with Gasteiger partial charge in [0.2, 0.25) is 17.7 Å². The van der Waals surface area contributed by atoms with Crippen molar-refractivity contribution in [1.82, 2.24) is 25.0 Å². The van der Waals surface area contributed by atoms with E-state index < -0.39 is 42.2 Å². The number of likely N-dealkylation sites (tertiary alicyclic amines) is 1. The van der Waals surface area contributed by atoms with Crippen molar-refractivity contribution in [2.75, 3.05) is 60.5 Å². The zero-order valence-electron chi connectivity index (χ0n) is 43.0. The highest BCUT2D eigenvalue weighted by Crippen LogP contribution is 2.32. The van der Waals surface area contributed by atoms with Gasteiger partial charge in [0.1, 0.15) is 5.01 Å². The third kappa shape index (κ3) is 14.7. The quantitative estimate of drug-likeness (QED) is 0.0837. The Hall–Kier alpha value is -4.70. The molecule has 376 valence electrons. The van der Waals surface area contributed by atoms with Crippen molar-refractivity contribution in [2.45, 2.75) is 130 Å². The van der Waals surface area contributed by atoms with Gasteiger partial charge in [0.15, 0.2) is 5.78 Å². The van der Waals surface area contributed by atoms with Gasteiger partial charge < -0.3 is 29.3 Å². The molecule has 3 aromatic rings. The topological polar surface area (TPSA) is 151 Å². The number of hydrogen-bond donors (Lipinski definition) is 1. The number of amides is 4. The molecule has 14 nitrogen and oxygen atoms in total. The van der Waals surface area contributed by atoms with Crippen LogP contribution in [0, 0.1) is 29.6 Å². The smallest absolute Gasteiger partial charge is 0.413 e. The molecule has 9 atom stereocenters. The van der Waals surface area contributed by atoms with Crippen LogP contribution in [0.3, 0.4) is 0 Å². The van der Waals surface area contributed by atoms with Crippen LogP contribution in [0.5, 0.6) is 0 Å². The van der Waals surface area contributed by atoms with Crippen LogP contribution in [-0.4, -0.2) is 135 Å². The summed E-state index contributed by atoms with van der Waals surface area (Å²) in [6.07, 6.45) is 3.72. The van der Waals surface area contributed by atoms with Gasteiger partial charge in [-0.05, 0) is 73.7 Å². The van der Waals surface area contributed by atoms with Gasteiger partial charge in [-0.15, -0.1) is 11.3 Å². The Balaban J connectivity index is 1.45. The predicted molar refractivity (Wildman–Crippen MR) is 269 cm³/mol. The number of nitrogens with zero attached hydrogens (tertiary/aromatic N) is 5. The molecule has 1 saturated heterocycles. The van der Waals surface area contributed by atoms with Crippen LogP contribution in [-0.2, 0) is 46.2 Å². The lowest BCUT2D eigenvalue weighted by Gasteiger charge is -2.41. The molecule has 1 aromatic heterocycles. The molecule has 1 fully saturated rings. The van der Waals surface area contributed by atoms with E-state index in [-0.39, 0.29) is 66.2 Å². The van der Waals surface area contributed by atoms with E-state index in [1.165, 1.54) is 23.3 Å². The van der Waals surface area contributed by atoms with Gasteiger partial charge in [-0.2, -0.15) is 0 Å². The molecular formula is C53H80N6O8S. The minimum absolute atomic E-state index is 0.00513. The van der Waals surface area contributed by atoms with E-state index in [9.17, 15) is 24.0 Å². The minimum atomic E-state index is -0.626. The molecule has 68 heavy (non-hydrogen) atoms. The molecule has 4 amide bonds. The summed E-state index contributed by atoms with van der Waals surface area (Å²) in [5.74, 6) is -1.71. The predicted octanol–water partition coefficient (Wildman–Crippen LogP) is 8.10. The summed E-state index contributed by atoms with van der Waals surface area (Å²) in [7, 11) is 9.94. The number of anilines is 1. The minimum Gasteiger partial charge on any atom is -0.452 e. The maximum Gasteiger partial charge on any atom is 0.413 e. The van der Waals surface area contributed by atoms with Gasteiger partial charge in [-0.25, -0.2) is 9.78 Å². The summed E-state index contributed by atoms with van der Waals surface area (Å²) in [5, 5.41) is 5.98. The van der Waals surface area contributed by atoms with E-state index >= 15 is 0 Å². The Bertz CT molecular complexity index is 2030. The van der Waals surface area contributed by atoms with Crippen LogP contribution in [0.1, 0.15) is 103 Å². The number of benzene rings is 2. The first-order valence-electron chi connectivity index (χ1n) is 24.4. The molecule has 2 aromatic carbocycles. The molecule has 15 heteroatoms. The molecule has 1 aliphatic heterocycles. The molecule has 0 aliphatic carbocycles. The van der Waals surface area contributed by atoms with Gasteiger partial charge in [0.25, 0.3) is 0 Å². The van der Waals surface area contributed by atoms with Gasteiger partial charge in [-0.1, -0.05) is 97.4 Å². The number of carbonyl (C=O) groups is 5. The van der Waals surface area contributed by atoms with Crippen LogP contribution in [0.25, 0.3) is 0 Å². The fourth-order valence-corrected chi connectivity index (χ4v) is 10.7. The first kappa shape index (κ1) is 55.9. The SMILES string of the molecule is CC[C@H](C)[C@@H]([C@@H](CC(=O)N1CCC[C@H]1[C@H](OC)[C@@H](C)C(=O)N[C@@H](Cc1ccccc1)c1nccs1)OC)N(C)C(=O)[C@@H](CC(=O)[C@H](C(C)C)N(C)CCc1ccc(N(C)C(=O)OC)cc1)C(C)C. The zero-order chi connectivity index (χ0) is 50.2. The highest BCUT2D eigenvalue weighted by atomic mass is 32.1. The Morgan fingerprint density at radius 3 is 2.10 bits per heavy atom. The molecular weight excluding hydrogens is 881 g/mol. The lowest BCUT2D eigenvalue weighted by atomic mass is 9.83. The van der Waals surface area contributed by atoms with Crippen molar-refractivity contribution in [1.29, 1.82) is 0 Å². The Morgan fingerprint density at radius 2 is 1.54 bits per heavy atom. The number of methoxy groups -OCH3 is 3. The molecule has 0 radical (unpaired) electrons. The first-order chi connectivity index (χ1) is 32.4. The number of likely N-dealkylation sites (N-methyl/N-ethyl adjacent to an activating group) is 2. The first-order valence-corrected chi connectivity index (χ1v) is 25.3. The third-order valence-corrected chi connectivity index (χ3v) is 15.0. The normalized spacial score (nSPS) is 17.5. The highest BCUT2D eigenvalue weighted by molar-refractivity contribution is 7.09. The van der Waals surface area contributed by atoms with Gasteiger partial charge in [-0.3, -0.25) is 29.0 Å². The lowest BCUT2D eigenvalue weighted by Crippen LogP contribution is -2.54. The number of hydrogen-bond acceptors (Lipinski definition) is 11. The number of ether oxygens (including phenoxy) is 3. The molecule has 0 unspecified atom stereocenters. The fraction of sp³-hybridized carbons (Fsp3) is 0.623. The van der Waals surface area contributed by atoms with Crippen molar-refractivity contribution in [3.8, 4) is 0 Å². The van der Waals surface area contributed by atoms with E-state index in [0.29, 0.717) is 32.4 Å². The van der Waals surface area contributed by atoms with Crippen molar-refractivity contribution >= 4 is 46.6 Å². The Labute approximate surface area is 410 Å². The molecule has 1 aliphatic rings. The van der Waals surface area contributed by atoms with Gasteiger partial charge in [0, 0.05) is 71.0 Å². The summed E-state index contributed by atoms with van der Waals surface area (Å²) < 4.78 is 17.1. The highest BCUT2D eigenvalue weighted by Gasteiger charge is 2.43. The molecule has 1 N–H and O–H groups in total. The fourth-order valence-electron chi connectivity index (χ4n) is 9.97. The van der Waals surface area contributed by atoms with Crippen molar-refractivity contribution < 1.29 is 38.2 Å². The Morgan fingerprint density at radius 1 is 0.868 bits per heavy atom. The summed E-state index contributed by atoms with van der Waals surface area (Å²) in [6.45, 7) is 15.2. The van der Waals surface area contributed by atoms with E-state index in [2.05, 4.69) is 29.0 Å². The lowest BCUT2D eigenvalue weighted by molar-refractivity contribution is -0.149. The second-order valence-electron chi connectivity index (χ2n) is 19.3. The number of carbonyl (C=O) groups excluding carboxylic acids is 5. The van der Waals surface area contributed by atoms with Crippen LogP contribution < -0.4 is 10.2 Å². The zero-order valence-corrected chi connectivity index (χ0v) is 43.8. The van der Waals surface area contributed by atoms with E-state index in [1.54, 1.807) is 39.4 Å². The molecule has 2 heterocycles. The molecule has 0 bridgehead atoms. The number of ketones is 1. The van der Waals surface area contributed by atoms with E-state index in [0.717, 1.165) is 34.7 Å². The van der Waals surface area contributed by atoms with Crippen molar-refractivity contribution in [3.05, 3.63) is 82.3 Å². The number of rotatable bonds is 26. The second kappa shape index (κ2) is 26.9. The van der Waals surface area contributed by atoms with Crippen molar-refractivity contribution in [2.24, 2.45) is 29.6 Å². The van der Waals surface area contributed by atoms with Crippen molar-refractivity contribution in [3.63, 3.8) is 0 Å². The van der Waals surface area contributed by atoms with E-state index in [4.69, 9.17) is 14.2 Å². The number of nitrogens with one attached hydrogen (secondary N) is 1. The van der Waals surface area contributed by atoms with Crippen LogP contribution >= 0.6 is 11.3 Å². The molecule has 0 spiro atoms. The number of thiazole rings is 1. The standard InChI is InChI=1S/C53H80N6O8S/c1-14-36(6)48(58(10)52(63)41(34(2)3)32-44(60)47(35(4)5)56(8)29-26-38-22-24-40(25-23-38)57(9)53(64)67-13)45(65-11)33-46(61)59-28-18-21-43(59)49(66-12)37(7)50(62)55-42(51-54-27-30-68-51)31-39-19-16-15-17-20-39/h15-17,19-20,22-25,27,30,34-37,41-43,45,47-49H,14,18,21,26,28-29,31-33H2,1-13H3,(H,55,62)/t36-,37+,41-,42-,43-,45+,47-,48-,49+/m0/s1. The maximum atomic E-state index is 14.7. The van der Waals surface area contributed by atoms with Gasteiger partial charge >= 0.3 is 6.09 Å². The van der Waals surface area contributed by atoms with E-state index in [1.807, 2.05) is 107 Å². The maximum absolute atomic E-state index is 14.7. The summed E-state index contributed by atoms with van der Waals surface area (Å²) in [4.78, 5) is 81.2. The largest absolute Gasteiger partial charge is 0.452 e.